The second-order valence-corrected chi connectivity index (χ2v) is 5.87. The number of carbonyl (C=O) groups is 1. The van der Waals surface area contributed by atoms with Crippen LogP contribution in [0.2, 0.25) is 5.02 Å². The number of halogens is 1. The third-order valence-electron chi connectivity index (χ3n) is 3.64. The summed E-state index contributed by atoms with van der Waals surface area (Å²) in [6, 6.07) is 6.03. The molecule has 4 heteroatoms. The number of methoxy groups -OCH3 is 1. The summed E-state index contributed by atoms with van der Waals surface area (Å²) in [6.45, 7) is 4.04. The highest BCUT2D eigenvalue weighted by molar-refractivity contribution is 6.30. The minimum absolute atomic E-state index is 0.191. The Labute approximate surface area is 119 Å². The molecular weight excluding hydrogens is 262 g/mol. The largest absolute Gasteiger partial charge is 0.468 e. The van der Waals surface area contributed by atoms with Crippen molar-refractivity contribution in [2.45, 2.75) is 38.8 Å². The first-order chi connectivity index (χ1) is 9.01. The summed E-state index contributed by atoms with van der Waals surface area (Å²) in [5.74, 6) is 0.0174. The molecule has 19 heavy (non-hydrogen) atoms. The lowest BCUT2D eigenvalue weighted by molar-refractivity contribution is -0.144. The molecule has 0 aromatic heterocycles. The minimum atomic E-state index is -0.250. The normalized spacial score (nSPS) is 19.3. The van der Waals surface area contributed by atoms with Crippen LogP contribution in [0, 0.1) is 5.92 Å². The standard InChI is InChI=1S/C15H20ClNO2/c1-9(2)14(15(18)19-3)17-13-7-10-4-5-12(16)6-11(10)8-13/h4-6,9,13-14,17H,7-8H2,1-3H3/t13?,14-/m0/s1. The minimum Gasteiger partial charge on any atom is -0.468 e. The van der Waals surface area contributed by atoms with E-state index in [1.165, 1.54) is 18.2 Å². The second-order valence-electron chi connectivity index (χ2n) is 5.43. The molecule has 0 radical (unpaired) electrons. The molecule has 1 aliphatic carbocycles. The van der Waals surface area contributed by atoms with Crippen molar-refractivity contribution < 1.29 is 9.53 Å². The molecule has 1 unspecified atom stereocenters. The van der Waals surface area contributed by atoms with E-state index >= 15 is 0 Å². The fourth-order valence-corrected chi connectivity index (χ4v) is 2.81. The van der Waals surface area contributed by atoms with Gasteiger partial charge >= 0.3 is 5.97 Å². The lowest BCUT2D eigenvalue weighted by Crippen LogP contribution is -2.47. The molecule has 0 bridgehead atoms. The number of esters is 1. The zero-order chi connectivity index (χ0) is 14.0. The summed E-state index contributed by atoms with van der Waals surface area (Å²) in [5.41, 5.74) is 2.59. The van der Waals surface area contributed by atoms with Crippen molar-refractivity contribution in [3.8, 4) is 0 Å². The van der Waals surface area contributed by atoms with E-state index in [0.717, 1.165) is 17.9 Å². The maximum absolute atomic E-state index is 11.8. The van der Waals surface area contributed by atoms with Crippen LogP contribution >= 0.6 is 11.6 Å². The highest BCUT2D eigenvalue weighted by Gasteiger charge is 2.29. The molecule has 0 spiro atoms. The quantitative estimate of drug-likeness (QED) is 0.862. The number of benzene rings is 1. The number of ether oxygens (including phenoxy) is 1. The van der Waals surface area contributed by atoms with Gasteiger partial charge in [-0.1, -0.05) is 31.5 Å². The molecule has 1 aromatic carbocycles. The van der Waals surface area contributed by atoms with Gasteiger partial charge in [0.25, 0.3) is 0 Å². The van der Waals surface area contributed by atoms with E-state index in [9.17, 15) is 4.79 Å². The van der Waals surface area contributed by atoms with Gasteiger partial charge in [-0.25, -0.2) is 0 Å². The van der Waals surface area contributed by atoms with Crippen LogP contribution in [-0.2, 0) is 22.4 Å². The van der Waals surface area contributed by atoms with Crippen molar-refractivity contribution in [2.24, 2.45) is 5.92 Å². The Bertz CT molecular complexity index is 473. The zero-order valence-electron chi connectivity index (χ0n) is 11.6. The van der Waals surface area contributed by atoms with Crippen LogP contribution in [0.1, 0.15) is 25.0 Å². The van der Waals surface area contributed by atoms with Crippen molar-refractivity contribution in [3.63, 3.8) is 0 Å². The number of hydrogen-bond acceptors (Lipinski definition) is 3. The number of carbonyl (C=O) groups excluding carboxylic acids is 1. The molecule has 3 nitrogen and oxygen atoms in total. The number of fused-ring (bicyclic) bond motifs is 1. The monoisotopic (exact) mass is 281 g/mol. The van der Waals surface area contributed by atoms with E-state index in [1.807, 2.05) is 26.0 Å². The molecular formula is C15H20ClNO2. The number of nitrogens with one attached hydrogen (secondary N) is 1. The molecule has 2 atom stereocenters. The SMILES string of the molecule is COC(=O)[C@@H](NC1Cc2ccc(Cl)cc2C1)C(C)C. The Hall–Kier alpha value is -1.06. The Morgan fingerprint density at radius 1 is 1.37 bits per heavy atom. The molecule has 2 rings (SSSR count). The summed E-state index contributed by atoms with van der Waals surface area (Å²) < 4.78 is 4.86. The van der Waals surface area contributed by atoms with Crippen LogP contribution in [0.15, 0.2) is 18.2 Å². The van der Waals surface area contributed by atoms with E-state index in [4.69, 9.17) is 16.3 Å². The number of rotatable bonds is 4. The third kappa shape index (κ3) is 3.28. The first-order valence-corrected chi connectivity index (χ1v) is 7.00. The first kappa shape index (κ1) is 14.4. The van der Waals surface area contributed by atoms with Gasteiger partial charge in [-0.15, -0.1) is 0 Å². The van der Waals surface area contributed by atoms with Crippen molar-refractivity contribution >= 4 is 17.6 Å². The van der Waals surface area contributed by atoms with Crippen molar-refractivity contribution in [2.75, 3.05) is 7.11 Å². The molecule has 0 heterocycles. The van der Waals surface area contributed by atoms with Gasteiger partial charge < -0.3 is 10.1 Å². The van der Waals surface area contributed by atoms with Crippen LogP contribution in [0.5, 0.6) is 0 Å². The zero-order valence-corrected chi connectivity index (χ0v) is 12.3. The number of hydrogen-bond donors (Lipinski definition) is 1. The molecule has 0 saturated heterocycles. The van der Waals surface area contributed by atoms with E-state index in [1.54, 1.807) is 0 Å². The molecule has 1 N–H and O–H groups in total. The van der Waals surface area contributed by atoms with E-state index < -0.39 is 0 Å². The van der Waals surface area contributed by atoms with Crippen molar-refractivity contribution in [1.29, 1.82) is 0 Å². The van der Waals surface area contributed by atoms with Crippen LogP contribution < -0.4 is 5.32 Å². The lowest BCUT2D eigenvalue weighted by atomic mass is 10.0. The van der Waals surface area contributed by atoms with Gasteiger partial charge in [-0.3, -0.25) is 4.79 Å². The Morgan fingerprint density at radius 3 is 2.68 bits per heavy atom. The average Bonchev–Trinajstić information content (AvgIpc) is 2.76. The topological polar surface area (TPSA) is 38.3 Å². The van der Waals surface area contributed by atoms with E-state index in [0.29, 0.717) is 0 Å². The van der Waals surface area contributed by atoms with Gasteiger partial charge in [0.15, 0.2) is 0 Å². The predicted molar refractivity (Wildman–Crippen MR) is 76.4 cm³/mol. The Kier molecular flexibility index (Phi) is 4.48. The van der Waals surface area contributed by atoms with Gasteiger partial charge in [0, 0.05) is 11.1 Å². The van der Waals surface area contributed by atoms with Crippen LogP contribution in [0.4, 0.5) is 0 Å². The lowest BCUT2D eigenvalue weighted by Gasteiger charge is -2.23. The van der Waals surface area contributed by atoms with Gasteiger partial charge in [0.05, 0.1) is 7.11 Å². The third-order valence-corrected chi connectivity index (χ3v) is 3.87. The first-order valence-electron chi connectivity index (χ1n) is 6.62. The fraction of sp³-hybridized carbons (Fsp3) is 0.533. The molecule has 0 aliphatic heterocycles. The van der Waals surface area contributed by atoms with Crippen LogP contribution in [-0.4, -0.2) is 25.2 Å². The van der Waals surface area contributed by atoms with Gasteiger partial charge in [0.1, 0.15) is 6.04 Å². The molecule has 1 aliphatic rings. The molecule has 104 valence electrons. The van der Waals surface area contributed by atoms with Gasteiger partial charge in [0.2, 0.25) is 0 Å². The summed E-state index contributed by atoms with van der Waals surface area (Å²) in [4.78, 5) is 11.8. The van der Waals surface area contributed by atoms with Gasteiger partial charge in [-0.2, -0.15) is 0 Å². The van der Waals surface area contributed by atoms with Gasteiger partial charge in [-0.05, 0) is 42.0 Å². The highest BCUT2D eigenvalue weighted by atomic mass is 35.5. The van der Waals surface area contributed by atoms with Crippen LogP contribution in [0.3, 0.4) is 0 Å². The summed E-state index contributed by atoms with van der Waals surface area (Å²) in [6.07, 6.45) is 1.85. The van der Waals surface area contributed by atoms with E-state index in [-0.39, 0.29) is 24.0 Å². The average molecular weight is 282 g/mol. The smallest absolute Gasteiger partial charge is 0.323 e. The summed E-state index contributed by atoms with van der Waals surface area (Å²) in [7, 11) is 1.43. The predicted octanol–water partition coefficient (Wildman–Crippen LogP) is 2.59. The molecule has 0 amide bonds. The van der Waals surface area contributed by atoms with Crippen LogP contribution in [0.25, 0.3) is 0 Å². The summed E-state index contributed by atoms with van der Waals surface area (Å²) >= 11 is 6.01. The second kappa shape index (κ2) is 5.93. The fourth-order valence-electron chi connectivity index (χ4n) is 2.62. The van der Waals surface area contributed by atoms with Crippen molar-refractivity contribution in [3.05, 3.63) is 34.3 Å². The molecule has 1 aromatic rings. The molecule has 0 saturated carbocycles. The Morgan fingerprint density at radius 2 is 2.05 bits per heavy atom. The maximum atomic E-state index is 11.8. The Balaban J connectivity index is 2.04. The molecule has 0 fully saturated rings. The van der Waals surface area contributed by atoms with Crippen molar-refractivity contribution in [1.82, 2.24) is 5.32 Å². The maximum Gasteiger partial charge on any atom is 0.323 e. The summed E-state index contributed by atoms with van der Waals surface area (Å²) in [5, 5.41) is 4.19. The highest BCUT2D eigenvalue weighted by Crippen LogP contribution is 2.26. The van der Waals surface area contributed by atoms with E-state index in [2.05, 4.69) is 11.4 Å².